The van der Waals surface area contributed by atoms with Crippen molar-refractivity contribution in [3.05, 3.63) is 83.4 Å². The van der Waals surface area contributed by atoms with Crippen molar-refractivity contribution in [1.82, 2.24) is 15.3 Å². The molecule has 0 aliphatic heterocycles. The summed E-state index contributed by atoms with van der Waals surface area (Å²) in [6.45, 7) is 0.259. The third kappa shape index (κ3) is 4.81. The average Bonchev–Trinajstić information content (AvgIpc) is 2.67. The molecular weight excluding hydrogens is 357 g/mol. The van der Waals surface area contributed by atoms with Crippen molar-refractivity contribution < 1.29 is 18.0 Å². The number of nitrogens with zero attached hydrogens (tertiary/aromatic N) is 2. The van der Waals surface area contributed by atoms with Crippen molar-refractivity contribution in [2.75, 3.05) is 11.9 Å². The first-order chi connectivity index (χ1) is 13.0. The number of nitrogens with one attached hydrogen (secondary N) is 2. The van der Waals surface area contributed by atoms with Crippen LogP contribution < -0.4 is 10.6 Å². The maximum atomic E-state index is 13.5. The Hall–Kier alpha value is -3.42. The molecule has 0 aliphatic rings. The Morgan fingerprint density at radius 1 is 0.926 bits per heavy atom. The molecule has 0 unspecified atom stereocenters. The Kier molecular flexibility index (Phi) is 5.65. The van der Waals surface area contributed by atoms with Gasteiger partial charge in [-0.15, -0.1) is 0 Å². The van der Waals surface area contributed by atoms with Crippen molar-refractivity contribution in [3.8, 4) is 0 Å². The first kappa shape index (κ1) is 18.4. The molecule has 0 fully saturated rings. The zero-order valence-corrected chi connectivity index (χ0v) is 14.0. The molecule has 0 radical (unpaired) electrons. The molecule has 0 atom stereocenters. The predicted molar refractivity (Wildman–Crippen MR) is 94.1 cm³/mol. The molecule has 1 amide bonds. The smallest absolute Gasteiger partial charge is 0.254 e. The van der Waals surface area contributed by atoms with Gasteiger partial charge in [0.05, 0.1) is 5.56 Å². The van der Waals surface area contributed by atoms with E-state index in [1.54, 1.807) is 18.2 Å². The number of hydrogen-bond acceptors (Lipinski definition) is 4. The highest BCUT2D eigenvalue weighted by atomic mass is 19.2. The van der Waals surface area contributed by atoms with Crippen LogP contribution in [-0.2, 0) is 6.42 Å². The number of anilines is 2. The Morgan fingerprint density at radius 2 is 1.67 bits per heavy atom. The number of hydrogen-bond donors (Lipinski definition) is 2. The van der Waals surface area contributed by atoms with Gasteiger partial charge >= 0.3 is 0 Å². The highest BCUT2D eigenvalue weighted by Gasteiger charge is 2.09. The molecule has 2 N–H and O–H groups in total. The molecule has 0 saturated heterocycles. The second-order valence-corrected chi connectivity index (χ2v) is 5.65. The molecule has 0 saturated carbocycles. The van der Waals surface area contributed by atoms with Gasteiger partial charge in [-0.2, -0.15) is 0 Å². The molecule has 8 heteroatoms. The summed E-state index contributed by atoms with van der Waals surface area (Å²) in [6.07, 6.45) is 2.95. The van der Waals surface area contributed by atoms with E-state index in [1.165, 1.54) is 24.5 Å². The summed E-state index contributed by atoms with van der Waals surface area (Å²) in [5, 5.41) is 5.37. The van der Waals surface area contributed by atoms with Crippen molar-refractivity contribution in [1.29, 1.82) is 0 Å². The lowest BCUT2D eigenvalue weighted by molar-refractivity contribution is 0.0953. The third-order valence-electron chi connectivity index (χ3n) is 3.73. The fraction of sp³-hybridized carbons (Fsp3) is 0.105. The SMILES string of the molecule is O=C(NCCc1ccccc1F)c1cnc(Nc2ccc(F)c(F)c2)nc1. The Bertz CT molecular complexity index is 948. The lowest BCUT2D eigenvalue weighted by atomic mass is 10.1. The summed E-state index contributed by atoms with van der Waals surface area (Å²) in [4.78, 5) is 20.0. The predicted octanol–water partition coefficient (Wildman–Crippen LogP) is 3.61. The van der Waals surface area contributed by atoms with E-state index in [4.69, 9.17) is 0 Å². The normalized spacial score (nSPS) is 10.5. The van der Waals surface area contributed by atoms with Crippen LogP contribution in [0.15, 0.2) is 54.9 Å². The molecule has 0 aliphatic carbocycles. The van der Waals surface area contributed by atoms with Crippen LogP contribution in [0.3, 0.4) is 0 Å². The number of aromatic nitrogens is 2. The van der Waals surface area contributed by atoms with Crippen molar-refractivity contribution in [2.24, 2.45) is 0 Å². The van der Waals surface area contributed by atoms with E-state index in [0.717, 1.165) is 12.1 Å². The minimum absolute atomic E-state index is 0.129. The van der Waals surface area contributed by atoms with E-state index >= 15 is 0 Å². The van der Waals surface area contributed by atoms with E-state index in [2.05, 4.69) is 20.6 Å². The molecule has 1 heterocycles. The first-order valence-electron chi connectivity index (χ1n) is 8.08. The number of carbonyl (C=O) groups is 1. The van der Waals surface area contributed by atoms with Gasteiger partial charge in [-0.25, -0.2) is 23.1 Å². The molecule has 138 valence electrons. The minimum atomic E-state index is -0.995. The van der Waals surface area contributed by atoms with Gasteiger partial charge in [-0.05, 0) is 30.2 Å². The van der Waals surface area contributed by atoms with E-state index in [-0.39, 0.29) is 29.6 Å². The van der Waals surface area contributed by atoms with E-state index < -0.39 is 17.5 Å². The first-order valence-corrected chi connectivity index (χ1v) is 8.08. The van der Waals surface area contributed by atoms with Crippen LogP contribution in [0.25, 0.3) is 0 Å². The fourth-order valence-corrected chi connectivity index (χ4v) is 2.33. The molecule has 3 aromatic rings. The van der Waals surface area contributed by atoms with Crippen LogP contribution in [0.4, 0.5) is 24.8 Å². The zero-order valence-electron chi connectivity index (χ0n) is 14.0. The van der Waals surface area contributed by atoms with Crippen molar-refractivity contribution in [3.63, 3.8) is 0 Å². The molecule has 2 aromatic carbocycles. The number of carbonyl (C=O) groups excluding carboxylic acids is 1. The summed E-state index contributed by atoms with van der Waals surface area (Å²) in [5.74, 6) is -2.54. The average molecular weight is 372 g/mol. The largest absolute Gasteiger partial charge is 0.352 e. The standard InChI is InChI=1S/C19H15F3N4O/c20-15-4-2-1-3-12(15)7-8-23-18(27)13-10-24-19(25-11-13)26-14-5-6-16(21)17(22)9-14/h1-6,9-11H,7-8H2,(H,23,27)(H,24,25,26). The van der Waals surface area contributed by atoms with Gasteiger partial charge in [0, 0.05) is 30.7 Å². The molecule has 0 bridgehead atoms. The summed E-state index contributed by atoms with van der Waals surface area (Å²) in [7, 11) is 0. The number of benzene rings is 2. The van der Waals surface area contributed by atoms with Gasteiger partial charge in [0.1, 0.15) is 5.82 Å². The quantitative estimate of drug-likeness (QED) is 0.694. The zero-order chi connectivity index (χ0) is 19.2. The summed E-state index contributed by atoms with van der Waals surface area (Å²) >= 11 is 0. The lowest BCUT2D eigenvalue weighted by Gasteiger charge is -2.07. The van der Waals surface area contributed by atoms with E-state index in [9.17, 15) is 18.0 Å². The highest BCUT2D eigenvalue weighted by molar-refractivity contribution is 5.93. The maximum absolute atomic E-state index is 13.5. The van der Waals surface area contributed by atoms with E-state index in [0.29, 0.717) is 12.0 Å². The van der Waals surface area contributed by atoms with Crippen LogP contribution in [0.2, 0.25) is 0 Å². The summed E-state index contributed by atoms with van der Waals surface area (Å²) in [6, 6.07) is 9.65. The van der Waals surface area contributed by atoms with Gasteiger partial charge in [0.2, 0.25) is 5.95 Å². The number of rotatable bonds is 6. The van der Waals surface area contributed by atoms with Crippen LogP contribution >= 0.6 is 0 Å². The Labute approximate surface area is 153 Å². The van der Waals surface area contributed by atoms with Crippen LogP contribution in [0.5, 0.6) is 0 Å². The third-order valence-corrected chi connectivity index (χ3v) is 3.73. The van der Waals surface area contributed by atoms with E-state index in [1.807, 2.05) is 0 Å². The molecule has 0 spiro atoms. The summed E-state index contributed by atoms with van der Waals surface area (Å²) < 4.78 is 39.6. The number of amides is 1. The molecule has 1 aromatic heterocycles. The van der Waals surface area contributed by atoms with Gasteiger partial charge < -0.3 is 10.6 Å². The van der Waals surface area contributed by atoms with Gasteiger partial charge in [-0.1, -0.05) is 18.2 Å². The molecular formula is C19H15F3N4O. The number of halogens is 3. The monoisotopic (exact) mass is 372 g/mol. The topological polar surface area (TPSA) is 66.9 Å². The summed E-state index contributed by atoms with van der Waals surface area (Å²) in [5.41, 5.74) is 1.01. The van der Waals surface area contributed by atoms with Crippen molar-refractivity contribution >= 4 is 17.5 Å². The lowest BCUT2D eigenvalue weighted by Crippen LogP contribution is -2.26. The van der Waals surface area contributed by atoms with Gasteiger partial charge in [0.25, 0.3) is 5.91 Å². The second-order valence-electron chi connectivity index (χ2n) is 5.65. The Balaban J connectivity index is 1.55. The molecule has 3 rings (SSSR count). The van der Waals surface area contributed by atoms with Gasteiger partial charge in [0.15, 0.2) is 11.6 Å². The van der Waals surface area contributed by atoms with Crippen molar-refractivity contribution in [2.45, 2.75) is 6.42 Å². The maximum Gasteiger partial charge on any atom is 0.254 e. The minimum Gasteiger partial charge on any atom is -0.352 e. The van der Waals surface area contributed by atoms with Crippen LogP contribution in [0, 0.1) is 17.5 Å². The molecule has 5 nitrogen and oxygen atoms in total. The fourth-order valence-electron chi connectivity index (χ4n) is 2.33. The highest BCUT2D eigenvalue weighted by Crippen LogP contribution is 2.16. The van der Waals surface area contributed by atoms with Gasteiger partial charge in [-0.3, -0.25) is 4.79 Å². The second kappa shape index (κ2) is 8.31. The molecule has 27 heavy (non-hydrogen) atoms. The Morgan fingerprint density at radius 3 is 2.37 bits per heavy atom. The van der Waals surface area contributed by atoms with Crippen LogP contribution in [0.1, 0.15) is 15.9 Å². The van der Waals surface area contributed by atoms with Crippen LogP contribution in [-0.4, -0.2) is 22.4 Å².